The van der Waals surface area contributed by atoms with Crippen LogP contribution in [0.4, 0.5) is 27.6 Å². The van der Waals surface area contributed by atoms with Crippen molar-refractivity contribution in [2.24, 2.45) is 0 Å². The Balaban J connectivity index is 2.55. The average Bonchev–Trinajstić information content (AvgIpc) is 2.21. The van der Waals surface area contributed by atoms with Gasteiger partial charge in [0.2, 0.25) is 0 Å². The van der Waals surface area contributed by atoms with E-state index in [0.717, 1.165) is 6.07 Å². The molecular formula is C10H10F5NS. The van der Waals surface area contributed by atoms with Crippen LogP contribution in [0, 0.1) is 18.6 Å². The summed E-state index contributed by atoms with van der Waals surface area (Å²) in [4.78, 5) is 0. The first-order chi connectivity index (χ1) is 7.81. The number of thioether (sulfide) groups is 1. The van der Waals surface area contributed by atoms with Crippen LogP contribution in [0.5, 0.6) is 0 Å². The van der Waals surface area contributed by atoms with Gasteiger partial charge in [0.1, 0.15) is 11.5 Å². The van der Waals surface area contributed by atoms with E-state index in [1.165, 1.54) is 13.0 Å². The van der Waals surface area contributed by atoms with Crippen molar-refractivity contribution in [2.45, 2.75) is 12.4 Å². The second-order valence-electron chi connectivity index (χ2n) is 3.27. The molecule has 1 N–H and O–H groups in total. The van der Waals surface area contributed by atoms with Crippen LogP contribution in [0.1, 0.15) is 5.56 Å². The van der Waals surface area contributed by atoms with Crippen LogP contribution in [-0.2, 0) is 0 Å². The van der Waals surface area contributed by atoms with E-state index in [1.807, 2.05) is 0 Å². The van der Waals surface area contributed by atoms with E-state index in [9.17, 15) is 22.0 Å². The fraction of sp³-hybridized carbons (Fsp3) is 0.400. The number of halogens is 5. The van der Waals surface area contributed by atoms with E-state index in [1.54, 1.807) is 0 Å². The molecule has 0 bridgehead atoms. The summed E-state index contributed by atoms with van der Waals surface area (Å²) in [5.74, 6) is -1.90. The minimum absolute atomic E-state index is 0.165. The molecule has 0 amide bonds. The van der Waals surface area contributed by atoms with Crippen molar-refractivity contribution < 1.29 is 22.0 Å². The minimum Gasteiger partial charge on any atom is -0.379 e. The first-order valence-corrected chi connectivity index (χ1v) is 5.69. The van der Waals surface area contributed by atoms with Crippen LogP contribution in [0.3, 0.4) is 0 Å². The van der Waals surface area contributed by atoms with Crippen LogP contribution in [0.25, 0.3) is 0 Å². The largest absolute Gasteiger partial charge is 0.441 e. The molecule has 0 spiro atoms. The summed E-state index contributed by atoms with van der Waals surface area (Å²) in [7, 11) is 0. The zero-order valence-electron chi connectivity index (χ0n) is 8.87. The van der Waals surface area contributed by atoms with Crippen molar-refractivity contribution in [3.05, 3.63) is 29.3 Å². The van der Waals surface area contributed by atoms with Crippen molar-refractivity contribution in [1.29, 1.82) is 0 Å². The van der Waals surface area contributed by atoms with Crippen molar-refractivity contribution in [1.82, 2.24) is 0 Å². The molecule has 0 aromatic heterocycles. The lowest BCUT2D eigenvalue weighted by atomic mass is 10.2. The van der Waals surface area contributed by atoms with Gasteiger partial charge in [-0.3, -0.25) is 0 Å². The lowest BCUT2D eigenvalue weighted by Crippen LogP contribution is -2.11. The molecule has 96 valence electrons. The molecule has 0 heterocycles. The lowest BCUT2D eigenvalue weighted by Gasteiger charge is -2.10. The molecule has 0 aliphatic carbocycles. The minimum atomic E-state index is -4.33. The number of benzene rings is 1. The van der Waals surface area contributed by atoms with E-state index in [-0.39, 0.29) is 35.3 Å². The molecule has 0 saturated carbocycles. The highest BCUT2D eigenvalue weighted by Gasteiger charge is 2.27. The normalized spacial score (nSPS) is 11.6. The third kappa shape index (κ3) is 4.41. The third-order valence-corrected chi connectivity index (χ3v) is 2.69. The van der Waals surface area contributed by atoms with E-state index in [2.05, 4.69) is 5.32 Å². The van der Waals surface area contributed by atoms with Crippen LogP contribution in [0.2, 0.25) is 0 Å². The van der Waals surface area contributed by atoms with E-state index in [4.69, 9.17) is 0 Å². The van der Waals surface area contributed by atoms with Crippen molar-refractivity contribution in [2.75, 3.05) is 17.6 Å². The molecule has 17 heavy (non-hydrogen) atoms. The highest BCUT2D eigenvalue weighted by molar-refractivity contribution is 8.00. The Morgan fingerprint density at radius 3 is 2.47 bits per heavy atom. The molecule has 0 atom stereocenters. The van der Waals surface area contributed by atoms with Gasteiger partial charge in [0.15, 0.2) is 5.82 Å². The second-order valence-corrected chi connectivity index (χ2v) is 4.43. The Kier molecular flexibility index (Phi) is 4.62. The van der Waals surface area contributed by atoms with Crippen molar-refractivity contribution in [3.8, 4) is 0 Å². The van der Waals surface area contributed by atoms with Gasteiger partial charge in [-0.15, -0.1) is 0 Å². The molecule has 1 nitrogen and oxygen atoms in total. The standard InChI is InChI=1S/C10H10F5NS/c1-6-2-3-7(11)9(8(6)12)16-4-5-17-10(13,14)15/h2-3,16H,4-5H2,1H3. The van der Waals surface area contributed by atoms with E-state index in [0.29, 0.717) is 0 Å². The summed E-state index contributed by atoms with van der Waals surface area (Å²) in [5, 5.41) is 2.32. The van der Waals surface area contributed by atoms with Gasteiger partial charge in [-0.05, 0) is 30.3 Å². The second kappa shape index (κ2) is 5.57. The molecule has 0 fully saturated rings. The Labute approximate surface area is 99.4 Å². The fourth-order valence-electron chi connectivity index (χ4n) is 1.16. The SMILES string of the molecule is Cc1ccc(F)c(NCCSC(F)(F)F)c1F. The topological polar surface area (TPSA) is 12.0 Å². The van der Waals surface area contributed by atoms with Gasteiger partial charge in [0.05, 0.1) is 0 Å². The smallest absolute Gasteiger partial charge is 0.379 e. The monoisotopic (exact) mass is 271 g/mol. The van der Waals surface area contributed by atoms with Crippen molar-refractivity contribution in [3.63, 3.8) is 0 Å². The number of hydrogen-bond acceptors (Lipinski definition) is 2. The Morgan fingerprint density at radius 1 is 1.24 bits per heavy atom. The summed E-state index contributed by atoms with van der Waals surface area (Å²) < 4.78 is 61.9. The molecule has 0 unspecified atom stereocenters. The summed E-state index contributed by atoms with van der Waals surface area (Å²) in [5.41, 5.74) is -4.48. The first-order valence-electron chi connectivity index (χ1n) is 4.70. The van der Waals surface area contributed by atoms with Gasteiger partial charge >= 0.3 is 5.51 Å². The van der Waals surface area contributed by atoms with Crippen molar-refractivity contribution >= 4 is 17.4 Å². The summed E-state index contributed by atoms with van der Waals surface area (Å²) in [6, 6.07) is 2.33. The Bertz CT molecular complexity index is 391. The maximum Gasteiger partial charge on any atom is 0.441 e. The summed E-state index contributed by atoms with van der Waals surface area (Å²) in [6.07, 6.45) is 0. The van der Waals surface area contributed by atoms with Gasteiger partial charge in [-0.1, -0.05) is 6.07 Å². The quantitative estimate of drug-likeness (QED) is 0.657. The molecule has 1 rings (SSSR count). The first kappa shape index (κ1) is 14.1. The molecule has 0 saturated heterocycles. The third-order valence-electron chi connectivity index (χ3n) is 1.95. The highest BCUT2D eigenvalue weighted by Crippen LogP contribution is 2.30. The maximum atomic E-state index is 13.4. The zero-order chi connectivity index (χ0) is 13.1. The Hall–Kier alpha value is -0.980. The lowest BCUT2D eigenvalue weighted by molar-refractivity contribution is -0.0327. The molecule has 1 aromatic carbocycles. The number of nitrogens with one attached hydrogen (secondary N) is 1. The molecule has 7 heteroatoms. The van der Waals surface area contributed by atoms with Crippen LogP contribution < -0.4 is 5.32 Å². The van der Waals surface area contributed by atoms with Gasteiger partial charge in [-0.2, -0.15) is 13.2 Å². The maximum absolute atomic E-state index is 13.4. The zero-order valence-corrected chi connectivity index (χ0v) is 9.68. The highest BCUT2D eigenvalue weighted by atomic mass is 32.2. The number of rotatable bonds is 4. The molecule has 1 aromatic rings. The van der Waals surface area contributed by atoms with Gasteiger partial charge in [0, 0.05) is 12.3 Å². The summed E-state index contributed by atoms with van der Waals surface area (Å²) >= 11 is -0.239. The number of aryl methyl sites for hydroxylation is 1. The number of anilines is 1. The number of hydrogen-bond donors (Lipinski definition) is 1. The van der Waals surface area contributed by atoms with Gasteiger partial charge in [-0.25, -0.2) is 8.78 Å². The van der Waals surface area contributed by atoms with Gasteiger partial charge in [0.25, 0.3) is 0 Å². The predicted molar refractivity (Wildman–Crippen MR) is 58.1 cm³/mol. The van der Waals surface area contributed by atoms with E-state index >= 15 is 0 Å². The number of alkyl halides is 3. The molecular weight excluding hydrogens is 261 g/mol. The summed E-state index contributed by atoms with van der Waals surface area (Å²) in [6.45, 7) is 1.28. The molecule has 0 aliphatic rings. The molecule has 0 radical (unpaired) electrons. The Morgan fingerprint density at radius 2 is 1.88 bits per heavy atom. The fourth-order valence-corrected chi connectivity index (χ4v) is 1.60. The van der Waals surface area contributed by atoms with Crippen LogP contribution in [-0.4, -0.2) is 17.8 Å². The van der Waals surface area contributed by atoms with E-state index < -0.39 is 17.1 Å². The van der Waals surface area contributed by atoms with Crippen LogP contribution >= 0.6 is 11.8 Å². The van der Waals surface area contributed by atoms with Crippen LogP contribution in [0.15, 0.2) is 12.1 Å². The predicted octanol–water partition coefficient (Wildman–Crippen LogP) is 3.94. The van der Waals surface area contributed by atoms with Gasteiger partial charge < -0.3 is 5.32 Å². The molecule has 0 aliphatic heterocycles. The average molecular weight is 271 g/mol.